The molecular formula is C17H18N2O3. The van der Waals surface area contributed by atoms with Crippen molar-refractivity contribution in [1.29, 1.82) is 0 Å². The first-order chi connectivity index (χ1) is 10.6. The molecule has 1 atom stereocenters. The molecule has 1 aromatic heterocycles. The highest BCUT2D eigenvalue weighted by molar-refractivity contribution is 5.95. The summed E-state index contributed by atoms with van der Waals surface area (Å²) in [6.07, 6.45) is 3.60. The predicted octanol–water partition coefficient (Wildman–Crippen LogP) is 1.79. The van der Waals surface area contributed by atoms with E-state index in [-0.39, 0.29) is 12.5 Å². The van der Waals surface area contributed by atoms with Crippen LogP contribution >= 0.6 is 0 Å². The van der Waals surface area contributed by atoms with Crippen LogP contribution in [0.4, 0.5) is 0 Å². The van der Waals surface area contributed by atoms with E-state index >= 15 is 0 Å². The van der Waals surface area contributed by atoms with Gasteiger partial charge in [-0.05, 0) is 36.2 Å². The third-order valence-electron chi connectivity index (χ3n) is 3.58. The van der Waals surface area contributed by atoms with E-state index < -0.39 is 6.10 Å². The molecule has 0 radical (unpaired) electrons. The number of hydrogen-bond acceptors (Lipinski definition) is 4. The summed E-state index contributed by atoms with van der Waals surface area (Å²) in [4.78, 5) is 16.2. The van der Waals surface area contributed by atoms with Crippen molar-refractivity contribution in [2.45, 2.75) is 19.4 Å². The number of benzene rings is 1. The summed E-state index contributed by atoms with van der Waals surface area (Å²) < 4.78 is 5.50. The zero-order valence-electron chi connectivity index (χ0n) is 12.4. The fourth-order valence-corrected chi connectivity index (χ4v) is 2.43. The molecule has 5 nitrogen and oxygen atoms in total. The number of nitrogens with one attached hydrogen (secondary N) is 1. The van der Waals surface area contributed by atoms with E-state index in [1.165, 1.54) is 11.8 Å². The molecule has 2 N–H and O–H groups in total. The summed E-state index contributed by atoms with van der Waals surface area (Å²) in [5.74, 6) is 0.697. The molecule has 22 heavy (non-hydrogen) atoms. The van der Waals surface area contributed by atoms with Gasteiger partial charge in [0.15, 0.2) is 0 Å². The SMILES string of the molecule is CC(O)CNC(=O)c1cncc(-c2ccc3c(c2)CCO3)c1. The number of fused-ring (bicyclic) bond motifs is 1. The fraction of sp³-hybridized carbons (Fsp3) is 0.294. The predicted molar refractivity (Wildman–Crippen MR) is 82.9 cm³/mol. The zero-order valence-corrected chi connectivity index (χ0v) is 12.4. The lowest BCUT2D eigenvalue weighted by Crippen LogP contribution is -2.30. The minimum atomic E-state index is -0.572. The number of ether oxygens (including phenoxy) is 1. The van der Waals surface area contributed by atoms with Gasteiger partial charge in [-0.3, -0.25) is 9.78 Å². The Labute approximate surface area is 129 Å². The standard InChI is InChI=1S/C17H18N2O3/c1-11(20)8-19-17(21)15-7-14(9-18-10-15)12-2-3-16-13(6-12)4-5-22-16/h2-3,6-7,9-11,20H,4-5,8H2,1H3,(H,19,21). The Hall–Kier alpha value is -2.40. The maximum Gasteiger partial charge on any atom is 0.252 e. The highest BCUT2D eigenvalue weighted by Crippen LogP contribution is 2.30. The third kappa shape index (κ3) is 3.09. The van der Waals surface area contributed by atoms with E-state index in [9.17, 15) is 9.90 Å². The highest BCUT2D eigenvalue weighted by atomic mass is 16.5. The minimum absolute atomic E-state index is 0.221. The average molecular weight is 298 g/mol. The number of hydrogen-bond donors (Lipinski definition) is 2. The van der Waals surface area contributed by atoms with Gasteiger partial charge in [-0.25, -0.2) is 0 Å². The largest absolute Gasteiger partial charge is 0.493 e. The van der Waals surface area contributed by atoms with Crippen molar-refractivity contribution in [3.63, 3.8) is 0 Å². The lowest BCUT2D eigenvalue weighted by atomic mass is 10.0. The van der Waals surface area contributed by atoms with Gasteiger partial charge in [-0.1, -0.05) is 6.07 Å². The molecule has 1 unspecified atom stereocenters. The summed E-state index contributed by atoms with van der Waals surface area (Å²) in [7, 11) is 0. The van der Waals surface area contributed by atoms with Gasteiger partial charge in [0.05, 0.1) is 18.3 Å². The number of nitrogens with zero attached hydrogens (tertiary/aromatic N) is 1. The molecule has 0 fully saturated rings. The zero-order chi connectivity index (χ0) is 15.5. The van der Waals surface area contributed by atoms with Crippen molar-refractivity contribution in [2.24, 2.45) is 0 Å². The van der Waals surface area contributed by atoms with Crippen molar-refractivity contribution >= 4 is 5.91 Å². The van der Waals surface area contributed by atoms with Gasteiger partial charge >= 0.3 is 0 Å². The molecular weight excluding hydrogens is 280 g/mol. The molecule has 0 spiro atoms. The van der Waals surface area contributed by atoms with Crippen LogP contribution in [-0.2, 0) is 6.42 Å². The van der Waals surface area contributed by atoms with Gasteiger partial charge in [-0.15, -0.1) is 0 Å². The Morgan fingerprint density at radius 3 is 3.05 bits per heavy atom. The molecule has 5 heteroatoms. The first-order valence-corrected chi connectivity index (χ1v) is 7.31. The Morgan fingerprint density at radius 1 is 1.36 bits per heavy atom. The summed E-state index contributed by atoms with van der Waals surface area (Å²) in [5.41, 5.74) is 3.57. The van der Waals surface area contributed by atoms with Crippen molar-refractivity contribution in [3.05, 3.63) is 47.8 Å². The van der Waals surface area contributed by atoms with Gasteiger partial charge in [0.25, 0.3) is 5.91 Å². The Kier molecular flexibility index (Phi) is 4.06. The molecule has 114 valence electrons. The van der Waals surface area contributed by atoms with Crippen LogP contribution in [0, 0.1) is 0 Å². The number of rotatable bonds is 4. The van der Waals surface area contributed by atoms with E-state index in [4.69, 9.17) is 4.74 Å². The molecule has 3 rings (SSSR count). The van der Waals surface area contributed by atoms with E-state index in [1.807, 2.05) is 18.2 Å². The lowest BCUT2D eigenvalue weighted by Gasteiger charge is -2.09. The quantitative estimate of drug-likeness (QED) is 0.903. The van der Waals surface area contributed by atoms with Gasteiger partial charge in [0.2, 0.25) is 0 Å². The summed E-state index contributed by atoms with van der Waals surface area (Å²) >= 11 is 0. The van der Waals surface area contributed by atoms with Crippen LogP contribution in [-0.4, -0.2) is 35.3 Å². The molecule has 2 heterocycles. The number of pyridine rings is 1. The summed E-state index contributed by atoms with van der Waals surface area (Å²) in [6, 6.07) is 7.81. The average Bonchev–Trinajstić information content (AvgIpc) is 3.00. The smallest absolute Gasteiger partial charge is 0.252 e. The fourth-order valence-electron chi connectivity index (χ4n) is 2.43. The van der Waals surface area contributed by atoms with Gasteiger partial charge in [-0.2, -0.15) is 0 Å². The Morgan fingerprint density at radius 2 is 2.23 bits per heavy atom. The van der Waals surface area contributed by atoms with Crippen molar-refractivity contribution in [3.8, 4) is 16.9 Å². The Balaban J connectivity index is 1.83. The molecule has 0 bridgehead atoms. The van der Waals surface area contributed by atoms with E-state index in [0.717, 1.165) is 29.9 Å². The second kappa shape index (κ2) is 6.15. The second-order valence-corrected chi connectivity index (χ2v) is 5.44. The summed E-state index contributed by atoms with van der Waals surface area (Å²) in [6.45, 7) is 2.57. The molecule has 1 aromatic carbocycles. The molecule has 1 amide bonds. The van der Waals surface area contributed by atoms with Crippen LogP contribution in [0.5, 0.6) is 5.75 Å². The topological polar surface area (TPSA) is 71.5 Å². The normalized spacial score (nSPS) is 14.1. The maximum atomic E-state index is 12.0. The van der Waals surface area contributed by atoms with Crippen LogP contribution in [0.2, 0.25) is 0 Å². The number of carbonyl (C=O) groups is 1. The van der Waals surface area contributed by atoms with Crippen molar-refractivity contribution < 1.29 is 14.6 Å². The van der Waals surface area contributed by atoms with Crippen LogP contribution in [0.25, 0.3) is 11.1 Å². The van der Waals surface area contributed by atoms with Crippen molar-refractivity contribution in [1.82, 2.24) is 10.3 Å². The Bertz CT molecular complexity index is 698. The van der Waals surface area contributed by atoms with Crippen molar-refractivity contribution in [2.75, 3.05) is 13.2 Å². The molecule has 0 saturated carbocycles. The van der Waals surface area contributed by atoms with Crippen LogP contribution in [0.15, 0.2) is 36.7 Å². The lowest BCUT2D eigenvalue weighted by molar-refractivity contribution is 0.0923. The van der Waals surface area contributed by atoms with Gasteiger partial charge < -0.3 is 15.2 Å². The minimum Gasteiger partial charge on any atom is -0.493 e. The van der Waals surface area contributed by atoms with Crippen LogP contribution in [0.1, 0.15) is 22.8 Å². The highest BCUT2D eigenvalue weighted by Gasteiger charge is 2.14. The van der Waals surface area contributed by atoms with E-state index in [2.05, 4.69) is 16.4 Å². The first kappa shape index (κ1) is 14.5. The van der Waals surface area contributed by atoms with E-state index in [0.29, 0.717) is 5.56 Å². The number of aliphatic hydroxyl groups excluding tert-OH is 1. The number of aromatic nitrogens is 1. The van der Waals surface area contributed by atoms with Crippen LogP contribution < -0.4 is 10.1 Å². The van der Waals surface area contributed by atoms with Gasteiger partial charge in [0.1, 0.15) is 5.75 Å². The molecule has 0 saturated heterocycles. The first-order valence-electron chi connectivity index (χ1n) is 7.31. The third-order valence-corrected chi connectivity index (χ3v) is 3.58. The number of carbonyl (C=O) groups excluding carboxylic acids is 1. The summed E-state index contributed by atoms with van der Waals surface area (Å²) in [5, 5.41) is 11.9. The second-order valence-electron chi connectivity index (χ2n) is 5.44. The monoisotopic (exact) mass is 298 g/mol. The molecule has 1 aliphatic rings. The maximum absolute atomic E-state index is 12.0. The molecule has 2 aromatic rings. The molecule has 1 aliphatic heterocycles. The van der Waals surface area contributed by atoms with Crippen LogP contribution in [0.3, 0.4) is 0 Å². The van der Waals surface area contributed by atoms with E-state index in [1.54, 1.807) is 13.1 Å². The van der Waals surface area contributed by atoms with Gasteiger partial charge in [0, 0.05) is 30.9 Å². The number of aliphatic hydroxyl groups is 1. The number of amides is 1. The molecule has 0 aliphatic carbocycles.